The molecular formula is C13H15FN2O. The molecule has 2 rings (SSSR count). The monoisotopic (exact) mass is 234 g/mol. The van der Waals surface area contributed by atoms with E-state index in [0.717, 1.165) is 17.8 Å². The summed E-state index contributed by atoms with van der Waals surface area (Å²) in [6.07, 6.45) is 1.42. The van der Waals surface area contributed by atoms with Crippen LogP contribution in [0.25, 0.3) is 11.3 Å². The van der Waals surface area contributed by atoms with Gasteiger partial charge in [0.05, 0.1) is 0 Å². The van der Waals surface area contributed by atoms with Gasteiger partial charge in [-0.15, -0.1) is 0 Å². The van der Waals surface area contributed by atoms with Crippen molar-refractivity contribution in [3.05, 3.63) is 41.7 Å². The summed E-state index contributed by atoms with van der Waals surface area (Å²) in [5, 5.41) is 3.19. The summed E-state index contributed by atoms with van der Waals surface area (Å²) in [5.41, 5.74) is 2.31. The third-order valence-corrected chi connectivity index (χ3v) is 2.60. The molecule has 4 heteroatoms. The van der Waals surface area contributed by atoms with Gasteiger partial charge in [-0.25, -0.2) is 9.37 Å². The first kappa shape index (κ1) is 11.8. The van der Waals surface area contributed by atoms with E-state index < -0.39 is 0 Å². The van der Waals surface area contributed by atoms with Crippen molar-refractivity contribution in [1.82, 2.24) is 10.3 Å². The van der Waals surface area contributed by atoms with Crippen LogP contribution >= 0.6 is 0 Å². The van der Waals surface area contributed by atoms with Crippen LogP contribution in [0.4, 0.5) is 4.39 Å². The van der Waals surface area contributed by atoms with Gasteiger partial charge in [0, 0.05) is 12.1 Å². The number of oxazole rings is 1. The van der Waals surface area contributed by atoms with Crippen LogP contribution in [0.1, 0.15) is 18.2 Å². The van der Waals surface area contributed by atoms with Crippen molar-refractivity contribution in [2.24, 2.45) is 0 Å². The second-order valence-electron chi connectivity index (χ2n) is 3.87. The molecule has 0 aliphatic rings. The molecule has 0 radical (unpaired) electrons. The van der Waals surface area contributed by atoms with E-state index in [1.54, 1.807) is 19.1 Å². The number of aryl methyl sites for hydroxylation is 1. The Morgan fingerprint density at radius 1 is 1.41 bits per heavy atom. The number of nitrogens with zero attached hydrogens (tertiary/aromatic N) is 1. The molecular weight excluding hydrogens is 219 g/mol. The molecule has 1 N–H and O–H groups in total. The van der Waals surface area contributed by atoms with Gasteiger partial charge in [-0.1, -0.05) is 6.92 Å². The van der Waals surface area contributed by atoms with Gasteiger partial charge in [-0.05, 0) is 37.2 Å². The highest BCUT2D eigenvalue weighted by atomic mass is 19.1. The van der Waals surface area contributed by atoms with E-state index in [4.69, 9.17) is 4.42 Å². The SMILES string of the molecule is CCNCc1ncoc1-c1ccc(F)c(C)c1. The third kappa shape index (κ3) is 2.53. The Balaban J connectivity index is 2.32. The molecule has 2 aromatic rings. The largest absolute Gasteiger partial charge is 0.443 e. The molecule has 17 heavy (non-hydrogen) atoms. The second-order valence-corrected chi connectivity index (χ2v) is 3.87. The summed E-state index contributed by atoms with van der Waals surface area (Å²) in [4.78, 5) is 4.16. The molecule has 90 valence electrons. The fraction of sp³-hybridized carbons (Fsp3) is 0.308. The first-order valence-corrected chi connectivity index (χ1v) is 5.62. The molecule has 0 fully saturated rings. The van der Waals surface area contributed by atoms with Crippen molar-refractivity contribution >= 4 is 0 Å². The molecule has 1 heterocycles. The van der Waals surface area contributed by atoms with Gasteiger partial charge in [-0.3, -0.25) is 0 Å². The number of nitrogens with one attached hydrogen (secondary N) is 1. The highest BCUT2D eigenvalue weighted by Gasteiger charge is 2.11. The number of hydrogen-bond donors (Lipinski definition) is 1. The van der Waals surface area contributed by atoms with Crippen molar-refractivity contribution in [2.45, 2.75) is 20.4 Å². The fourth-order valence-electron chi connectivity index (χ4n) is 1.66. The molecule has 0 unspecified atom stereocenters. The van der Waals surface area contributed by atoms with Gasteiger partial charge >= 0.3 is 0 Å². The van der Waals surface area contributed by atoms with Crippen molar-refractivity contribution in [3.8, 4) is 11.3 Å². The van der Waals surface area contributed by atoms with Gasteiger partial charge in [0.2, 0.25) is 0 Å². The first-order valence-electron chi connectivity index (χ1n) is 5.62. The highest BCUT2D eigenvalue weighted by Crippen LogP contribution is 2.24. The van der Waals surface area contributed by atoms with E-state index in [1.165, 1.54) is 12.5 Å². The molecule has 3 nitrogen and oxygen atoms in total. The van der Waals surface area contributed by atoms with E-state index in [9.17, 15) is 4.39 Å². The van der Waals surface area contributed by atoms with Crippen LogP contribution < -0.4 is 5.32 Å². The van der Waals surface area contributed by atoms with Gasteiger partial charge in [0.25, 0.3) is 0 Å². The predicted octanol–water partition coefficient (Wildman–Crippen LogP) is 2.90. The van der Waals surface area contributed by atoms with E-state index >= 15 is 0 Å². The molecule has 1 aromatic carbocycles. The lowest BCUT2D eigenvalue weighted by Gasteiger charge is -2.03. The molecule has 0 saturated carbocycles. The Morgan fingerprint density at radius 2 is 2.24 bits per heavy atom. The molecule has 0 aliphatic carbocycles. The summed E-state index contributed by atoms with van der Waals surface area (Å²) in [5.74, 6) is 0.496. The van der Waals surface area contributed by atoms with Crippen LogP contribution in [0.3, 0.4) is 0 Å². The van der Waals surface area contributed by atoms with Crippen LogP contribution in [0.5, 0.6) is 0 Å². The van der Waals surface area contributed by atoms with Crippen LogP contribution in [0.2, 0.25) is 0 Å². The molecule has 1 aromatic heterocycles. The lowest BCUT2D eigenvalue weighted by Crippen LogP contribution is -2.12. The Kier molecular flexibility index (Phi) is 3.54. The van der Waals surface area contributed by atoms with Crippen molar-refractivity contribution in [1.29, 1.82) is 0 Å². The van der Waals surface area contributed by atoms with Crippen LogP contribution in [-0.4, -0.2) is 11.5 Å². The average molecular weight is 234 g/mol. The lowest BCUT2D eigenvalue weighted by molar-refractivity contribution is 0.569. The number of rotatable bonds is 4. The minimum absolute atomic E-state index is 0.207. The summed E-state index contributed by atoms with van der Waals surface area (Å²) in [6.45, 7) is 5.29. The summed E-state index contributed by atoms with van der Waals surface area (Å²) < 4.78 is 18.6. The quantitative estimate of drug-likeness (QED) is 0.884. The van der Waals surface area contributed by atoms with Gasteiger partial charge < -0.3 is 9.73 Å². The van der Waals surface area contributed by atoms with Gasteiger partial charge in [0.1, 0.15) is 11.5 Å². The Labute approximate surface area is 99.7 Å². The summed E-state index contributed by atoms with van der Waals surface area (Å²) >= 11 is 0. The maximum Gasteiger partial charge on any atom is 0.181 e. The highest BCUT2D eigenvalue weighted by molar-refractivity contribution is 5.60. The molecule has 0 saturated heterocycles. The van der Waals surface area contributed by atoms with E-state index in [1.807, 2.05) is 6.92 Å². The molecule has 0 bridgehead atoms. The zero-order chi connectivity index (χ0) is 12.3. The molecule has 0 aliphatic heterocycles. The van der Waals surface area contributed by atoms with Crippen molar-refractivity contribution in [3.63, 3.8) is 0 Å². The average Bonchev–Trinajstić information content (AvgIpc) is 2.78. The van der Waals surface area contributed by atoms with Gasteiger partial charge in [0.15, 0.2) is 12.2 Å². The normalized spacial score (nSPS) is 10.8. The second kappa shape index (κ2) is 5.10. The van der Waals surface area contributed by atoms with Crippen LogP contribution in [0.15, 0.2) is 29.0 Å². The van der Waals surface area contributed by atoms with Crippen molar-refractivity contribution < 1.29 is 8.81 Å². The fourth-order valence-corrected chi connectivity index (χ4v) is 1.66. The number of aromatic nitrogens is 1. The number of benzene rings is 1. The molecule has 0 atom stereocenters. The molecule has 0 spiro atoms. The van der Waals surface area contributed by atoms with Crippen LogP contribution in [-0.2, 0) is 6.54 Å². The Bertz CT molecular complexity index is 508. The Hall–Kier alpha value is -1.68. The predicted molar refractivity (Wildman–Crippen MR) is 64.0 cm³/mol. The van der Waals surface area contributed by atoms with E-state index in [0.29, 0.717) is 17.9 Å². The standard InChI is InChI=1S/C13H15FN2O/c1-3-15-7-12-13(17-8-16-12)10-4-5-11(14)9(2)6-10/h4-6,8,15H,3,7H2,1-2H3. The maximum absolute atomic E-state index is 13.2. The lowest BCUT2D eigenvalue weighted by atomic mass is 10.1. The topological polar surface area (TPSA) is 38.1 Å². The first-order chi connectivity index (χ1) is 8.22. The maximum atomic E-state index is 13.2. The Morgan fingerprint density at radius 3 is 2.94 bits per heavy atom. The van der Waals surface area contributed by atoms with Crippen molar-refractivity contribution in [2.75, 3.05) is 6.54 Å². The zero-order valence-electron chi connectivity index (χ0n) is 9.96. The smallest absolute Gasteiger partial charge is 0.181 e. The third-order valence-electron chi connectivity index (χ3n) is 2.60. The molecule has 0 amide bonds. The van der Waals surface area contributed by atoms with Gasteiger partial charge in [-0.2, -0.15) is 0 Å². The minimum atomic E-state index is -0.207. The minimum Gasteiger partial charge on any atom is -0.443 e. The number of halogens is 1. The van der Waals surface area contributed by atoms with E-state index in [-0.39, 0.29) is 5.82 Å². The zero-order valence-corrected chi connectivity index (χ0v) is 9.96. The summed E-state index contributed by atoms with van der Waals surface area (Å²) in [6, 6.07) is 4.92. The van der Waals surface area contributed by atoms with E-state index in [2.05, 4.69) is 10.3 Å². The summed E-state index contributed by atoms with van der Waals surface area (Å²) in [7, 11) is 0. The van der Waals surface area contributed by atoms with Crippen LogP contribution in [0, 0.1) is 12.7 Å². The number of hydrogen-bond acceptors (Lipinski definition) is 3.